The van der Waals surface area contributed by atoms with Gasteiger partial charge in [-0.05, 0) is 72.0 Å². The topological polar surface area (TPSA) is 105 Å². The van der Waals surface area contributed by atoms with Crippen LogP contribution in [0.1, 0.15) is 34.7 Å². The molecule has 1 fully saturated rings. The number of hydrogen-bond donors (Lipinski definition) is 1. The quantitative estimate of drug-likeness (QED) is 0.361. The summed E-state index contributed by atoms with van der Waals surface area (Å²) in [5, 5.41) is 13.4. The van der Waals surface area contributed by atoms with Crippen LogP contribution in [-0.2, 0) is 24.4 Å². The zero-order valence-corrected chi connectivity index (χ0v) is 20.9. The van der Waals surface area contributed by atoms with Gasteiger partial charge in [-0.3, -0.25) is 14.6 Å². The van der Waals surface area contributed by atoms with Gasteiger partial charge in [0.1, 0.15) is 12.3 Å². The standard InChI is InChI=1S/C26H33N7O3/c1-19-6-7-21-15-22(26(34)27-25(21)20(19)2)16-32(9-4-8-31-10-13-35-14-11-31)18-24-28-29-30-33(24)17-23-5-3-12-36-23/h3,5-7,12,15H,4,8-11,13-14,16-18H2,1-2H3,(H,27,34). The van der Waals surface area contributed by atoms with Gasteiger partial charge in [0, 0.05) is 31.7 Å². The summed E-state index contributed by atoms with van der Waals surface area (Å²) in [6.07, 6.45) is 2.62. The van der Waals surface area contributed by atoms with E-state index in [2.05, 4.69) is 49.4 Å². The molecule has 1 aromatic carbocycles. The van der Waals surface area contributed by atoms with E-state index in [0.29, 0.717) is 19.6 Å². The van der Waals surface area contributed by atoms with Gasteiger partial charge in [-0.1, -0.05) is 12.1 Å². The van der Waals surface area contributed by atoms with E-state index >= 15 is 0 Å². The number of hydrogen-bond acceptors (Lipinski definition) is 8. The summed E-state index contributed by atoms with van der Waals surface area (Å²) in [5.74, 6) is 1.53. The number of H-pyrrole nitrogens is 1. The average molecular weight is 492 g/mol. The first-order valence-electron chi connectivity index (χ1n) is 12.5. The number of benzene rings is 1. The predicted octanol–water partition coefficient (Wildman–Crippen LogP) is 2.50. The molecule has 0 radical (unpaired) electrons. The van der Waals surface area contributed by atoms with Gasteiger partial charge in [0.05, 0.1) is 31.5 Å². The highest BCUT2D eigenvalue weighted by Crippen LogP contribution is 2.20. The van der Waals surface area contributed by atoms with Gasteiger partial charge in [0.2, 0.25) is 0 Å². The van der Waals surface area contributed by atoms with E-state index in [1.165, 1.54) is 5.56 Å². The van der Waals surface area contributed by atoms with Crippen LogP contribution in [0.5, 0.6) is 0 Å². The number of rotatable bonds is 10. The number of fused-ring (bicyclic) bond motifs is 1. The molecular weight excluding hydrogens is 458 g/mol. The molecule has 190 valence electrons. The number of aryl methyl sites for hydroxylation is 2. The minimum absolute atomic E-state index is 0.0513. The fourth-order valence-electron chi connectivity index (χ4n) is 4.69. The zero-order valence-electron chi connectivity index (χ0n) is 20.9. The first kappa shape index (κ1) is 24.4. The smallest absolute Gasteiger partial charge is 0.252 e. The Morgan fingerprint density at radius 3 is 2.81 bits per heavy atom. The van der Waals surface area contributed by atoms with Crippen molar-refractivity contribution in [1.82, 2.24) is 35.0 Å². The van der Waals surface area contributed by atoms with Gasteiger partial charge >= 0.3 is 0 Å². The molecule has 1 aliphatic rings. The van der Waals surface area contributed by atoms with Gasteiger partial charge in [0.25, 0.3) is 5.56 Å². The van der Waals surface area contributed by atoms with Crippen LogP contribution in [0.25, 0.3) is 10.9 Å². The summed E-state index contributed by atoms with van der Waals surface area (Å²) in [7, 11) is 0. The van der Waals surface area contributed by atoms with E-state index in [-0.39, 0.29) is 5.56 Å². The minimum Gasteiger partial charge on any atom is -0.467 e. The summed E-state index contributed by atoms with van der Waals surface area (Å²) in [5.41, 5.74) is 3.87. The molecule has 0 bridgehead atoms. The average Bonchev–Trinajstić information content (AvgIpc) is 3.56. The number of nitrogens with one attached hydrogen (secondary N) is 1. The Balaban J connectivity index is 1.35. The number of morpholine rings is 1. The van der Waals surface area contributed by atoms with E-state index < -0.39 is 0 Å². The molecule has 1 aliphatic heterocycles. The summed E-state index contributed by atoms with van der Waals surface area (Å²) in [6, 6.07) is 9.95. The highest BCUT2D eigenvalue weighted by Gasteiger charge is 2.17. The molecule has 0 atom stereocenters. The molecule has 4 heterocycles. The Bertz CT molecular complexity index is 1340. The van der Waals surface area contributed by atoms with E-state index in [9.17, 15) is 4.79 Å². The Labute approximate surface area is 209 Å². The number of aromatic amines is 1. The Morgan fingerprint density at radius 2 is 2.00 bits per heavy atom. The number of ether oxygens (including phenoxy) is 1. The van der Waals surface area contributed by atoms with Crippen molar-refractivity contribution < 1.29 is 9.15 Å². The van der Waals surface area contributed by atoms with Crippen LogP contribution in [0.2, 0.25) is 0 Å². The van der Waals surface area contributed by atoms with Crippen LogP contribution in [0, 0.1) is 13.8 Å². The molecular formula is C26H33N7O3. The number of tetrazole rings is 1. The fourth-order valence-corrected chi connectivity index (χ4v) is 4.69. The highest BCUT2D eigenvalue weighted by molar-refractivity contribution is 5.83. The predicted molar refractivity (Wildman–Crippen MR) is 136 cm³/mol. The van der Waals surface area contributed by atoms with Gasteiger partial charge in [0.15, 0.2) is 5.82 Å². The van der Waals surface area contributed by atoms with Crippen molar-refractivity contribution in [3.63, 3.8) is 0 Å². The normalized spacial score (nSPS) is 14.8. The van der Waals surface area contributed by atoms with Crippen molar-refractivity contribution in [2.75, 3.05) is 39.4 Å². The number of nitrogens with zero attached hydrogens (tertiary/aromatic N) is 6. The van der Waals surface area contributed by atoms with E-state index in [4.69, 9.17) is 9.15 Å². The van der Waals surface area contributed by atoms with Crippen molar-refractivity contribution in [2.45, 2.75) is 39.9 Å². The molecule has 0 amide bonds. The number of furan rings is 1. The number of aromatic nitrogens is 5. The third-order valence-corrected chi connectivity index (χ3v) is 6.93. The largest absolute Gasteiger partial charge is 0.467 e. The Hall–Kier alpha value is -3.34. The SMILES string of the molecule is Cc1ccc2cc(CN(CCCN3CCOCC3)Cc3nnnn3Cc3ccco3)c(=O)[nH]c2c1C. The molecule has 36 heavy (non-hydrogen) atoms. The van der Waals surface area contributed by atoms with Crippen LogP contribution in [0.4, 0.5) is 0 Å². The second kappa shape index (κ2) is 11.2. The van der Waals surface area contributed by atoms with Crippen molar-refractivity contribution in [3.8, 4) is 0 Å². The molecule has 0 aliphatic carbocycles. The molecule has 5 rings (SSSR count). The molecule has 1 saturated heterocycles. The second-order valence-electron chi connectivity index (χ2n) is 9.45. The van der Waals surface area contributed by atoms with Gasteiger partial charge < -0.3 is 14.1 Å². The molecule has 3 aromatic heterocycles. The maximum Gasteiger partial charge on any atom is 0.252 e. The highest BCUT2D eigenvalue weighted by atomic mass is 16.5. The van der Waals surface area contributed by atoms with Crippen LogP contribution in [-0.4, -0.2) is 74.4 Å². The summed E-state index contributed by atoms with van der Waals surface area (Å²) in [6.45, 7) is 10.9. The maximum atomic E-state index is 13.1. The lowest BCUT2D eigenvalue weighted by molar-refractivity contribution is 0.0358. The van der Waals surface area contributed by atoms with Crippen LogP contribution < -0.4 is 5.56 Å². The first-order valence-corrected chi connectivity index (χ1v) is 12.5. The molecule has 4 aromatic rings. The molecule has 1 N–H and O–H groups in total. The lowest BCUT2D eigenvalue weighted by Crippen LogP contribution is -2.38. The second-order valence-corrected chi connectivity index (χ2v) is 9.45. The minimum atomic E-state index is -0.0513. The maximum absolute atomic E-state index is 13.1. The monoisotopic (exact) mass is 491 g/mol. The zero-order chi connectivity index (χ0) is 24.9. The third kappa shape index (κ3) is 5.72. The molecule has 10 heteroatoms. The van der Waals surface area contributed by atoms with Crippen LogP contribution >= 0.6 is 0 Å². The van der Waals surface area contributed by atoms with E-state index in [1.807, 2.05) is 25.1 Å². The third-order valence-electron chi connectivity index (χ3n) is 6.93. The lowest BCUT2D eigenvalue weighted by Gasteiger charge is -2.28. The van der Waals surface area contributed by atoms with Crippen molar-refractivity contribution >= 4 is 10.9 Å². The Morgan fingerprint density at radius 1 is 1.14 bits per heavy atom. The van der Waals surface area contributed by atoms with Crippen LogP contribution in [0.15, 0.2) is 45.8 Å². The van der Waals surface area contributed by atoms with Gasteiger partial charge in [-0.2, -0.15) is 0 Å². The van der Waals surface area contributed by atoms with Gasteiger partial charge in [-0.25, -0.2) is 4.68 Å². The fraction of sp³-hybridized carbons (Fsp3) is 0.462. The van der Waals surface area contributed by atoms with Gasteiger partial charge in [-0.15, -0.1) is 5.10 Å². The molecule has 0 unspecified atom stereocenters. The van der Waals surface area contributed by atoms with E-state index in [1.54, 1.807) is 10.9 Å². The molecule has 10 nitrogen and oxygen atoms in total. The summed E-state index contributed by atoms with van der Waals surface area (Å²) in [4.78, 5) is 20.9. The first-order chi connectivity index (χ1) is 17.6. The molecule has 0 spiro atoms. The Kier molecular flexibility index (Phi) is 7.55. The van der Waals surface area contributed by atoms with E-state index in [0.717, 1.165) is 79.4 Å². The van der Waals surface area contributed by atoms with Crippen molar-refractivity contribution in [1.29, 1.82) is 0 Å². The molecule has 0 saturated carbocycles. The number of pyridine rings is 1. The van der Waals surface area contributed by atoms with Crippen LogP contribution in [0.3, 0.4) is 0 Å². The van der Waals surface area contributed by atoms with Crippen molar-refractivity contribution in [3.05, 3.63) is 75.2 Å². The lowest BCUT2D eigenvalue weighted by atomic mass is 10.0. The van der Waals surface area contributed by atoms with Crippen molar-refractivity contribution in [2.24, 2.45) is 0 Å². The summed E-state index contributed by atoms with van der Waals surface area (Å²) >= 11 is 0. The summed E-state index contributed by atoms with van der Waals surface area (Å²) < 4.78 is 12.7.